The van der Waals surface area contributed by atoms with Crippen LogP contribution in [0.5, 0.6) is 0 Å². The van der Waals surface area contributed by atoms with Gasteiger partial charge in [-0.25, -0.2) is 4.79 Å². The van der Waals surface area contributed by atoms with Gasteiger partial charge in [-0.15, -0.1) is 0 Å². The lowest BCUT2D eigenvalue weighted by molar-refractivity contribution is -0.143. The van der Waals surface area contributed by atoms with Crippen LogP contribution in [0.15, 0.2) is 5.70 Å². The second-order valence-corrected chi connectivity index (χ2v) is 4.50. The molecule has 108 valence electrons. The minimum absolute atomic E-state index is 0.0753. The molecule has 0 unspecified atom stereocenters. The van der Waals surface area contributed by atoms with E-state index in [2.05, 4.69) is 0 Å². The number of ether oxygens (including phenoxy) is 2. The maximum Gasteiger partial charge on any atom is 0.184 e. The molecule has 8 nitrogen and oxygen atoms in total. The van der Waals surface area contributed by atoms with E-state index in [4.69, 9.17) is 9.47 Å². The molecule has 4 N–H and O–H groups in total. The van der Waals surface area contributed by atoms with Gasteiger partial charge < -0.3 is 34.8 Å². The summed E-state index contributed by atoms with van der Waals surface area (Å²) in [5, 5.41) is 38.4. The smallest absolute Gasteiger partial charge is 0.184 e. The fourth-order valence-corrected chi connectivity index (χ4v) is 2.22. The van der Waals surface area contributed by atoms with Gasteiger partial charge in [0.05, 0.1) is 13.2 Å². The molecule has 0 aromatic carbocycles. The number of aliphatic hydroxyl groups is 4. The Hall–Kier alpha value is -0.990. The predicted octanol–water partition coefficient (Wildman–Crippen LogP) is -3.17. The van der Waals surface area contributed by atoms with Gasteiger partial charge in [-0.2, -0.15) is 0 Å². The molecule has 0 spiro atoms. The highest BCUT2D eigenvalue weighted by Crippen LogP contribution is 2.26. The van der Waals surface area contributed by atoms with Gasteiger partial charge in [0.25, 0.3) is 0 Å². The van der Waals surface area contributed by atoms with Gasteiger partial charge >= 0.3 is 0 Å². The van der Waals surface area contributed by atoms with Crippen LogP contribution in [0, 0.1) is 0 Å². The predicted molar refractivity (Wildman–Crippen MR) is 60.5 cm³/mol. The molecule has 0 amide bonds. The van der Waals surface area contributed by atoms with Gasteiger partial charge in [0, 0.05) is 13.1 Å². The van der Waals surface area contributed by atoms with E-state index < -0.39 is 30.7 Å². The van der Waals surface area contributed by atoms with Crippen molar-refractivity contribution in [3.05, 3.63) is 5.70 Å². The van der Waals surface area contributed by atoms with E-state index >= 15 is 0 Å². The highest BCUT2D eigenvalue weighted by atomic mass is 16.6. The molecule has 2 fully saturated rings. The van der Waals surface area contributed by atoms with Crippen LogP contribution in [0.2, 0.25) is 0 Å². The van der Waals surface area contributed by atoms with Gasteiger partial charge in [0.2, 0.25) is 0 Å². The summed E-state index contributed by atoms with van der Waals surface area (Å²) in [5.41, 5.74) is -0.0753. The molecular weight excluding hydrogens is 258 g/mol. The molecule has 2 heterocycles. The van der Waals surface area contributed by atoms with Crippen LogP contribution in [-0.4, -0.2) is 88.3 Å². The Bertz CT molecular complexity index is 364. The standard InChI is InChI=1S/C11H17NO7/c13-5-6(12-1-3-18-4-2-12)7(14)10-8(15)9(16)11(17)19-10/h7-11,14-17H,1-4H2/t7-,8-,9-,10-,11+/m1/s1. The summed E-state index contributed by atoms with van der Waals surface area (Å²) in [6, 6.07) is 0. The molecule has 0 saturated carbocycles. The van der Waals surface area contributed by atoms with E-state index in [0.717, 1.165) is 0 Å². The van der Waals surface area contributed by atoms with Gasteiger partial charge in [-0.1, -0.05) is 0 Å². The topological polar surface area (TPSA) is 120 Å². The molecule has 5 atom stereocenters. The van der Waals surface area contributed by atoms with Crippen molar-refractivity contribution in [1.29, 1.82) is 0 Å². The van der Waals surface area contributed by atoms with Crippen molar-refractivity contribution in [3.63, 3.8) is 0 Å². The third-order valence-electron chi connectivity index (χ3n) is 3.32. The number of aliphatic hydroxyl groups excluding tert-OH is 4. The maximum absolute atomic E-state index is 11.0. The Morgan fingerprint density at radius 2 is 1.84 bits per heavy atom. The largest absolute Gasteiger partial charge is 0.387 e. The van der Waals surface area contributed by atoms with E-state index in [1.165, 1.54) is 0 Å². The number of hydrogen-bond acceptors (Lipinski definition) is 8. The number of rotatable bonds is 3. The van der Waals surface area contributed by atoms with Crippen molar-refractivity contribution in [3.8, 4) is 0 Å². The number of carbonyl (C=O) groups excluding carboxylic acids is 1. The molecule has 0 aromatic rings. The van der Waals surface area contributed by atoms with Crippen LogP contribution >= 0.6 is 0 Å². The van der Waals surface area contributed by atoms with E-state index in [1.54, 1.807) is 10.8 Å². The van der Waals surface area contributed by atoms with Crippen LogP contribution in [0.3, 0.4) is 0 Å². The van der Waals surface area contributed by atoms with E-state index in [0.29, 0.717) is 26.3 Å². The Kier molecular flexibility index (Phi) is 4.54. The summed E-state index contributed by atoms with van der Waals surface area (Å²) < 4.78 is 10.00. The van der Waals surface area contributed by atoms with Gasteiger partial charge in [-0.05, 0) is 0 Å². The van der Waals surface area contributed by atoms with Crippen LogP contribution in [0.4, 0.5) is 0 Å². The average Bonchev–Trinajstić information content (AvgIpc) is 2.68. The Morgan fingerprint density at radius 3 is 2.32 bits per heavy atom. The summed E-state index contributed by atoms with van der Waals surface area (Å²) in [5.74, 6) is 1.63. The minimum atomic E-state index is -1.59. The summed E-state index contributed by atoms with van der Waals surface area (Å²) in [4.78, 5) is 12.6. The molecule has 2 aliphatic rings. The molecule has 0 bridgehead atoms. The molecule has 2 saturated heterocycles. The van der Waals surface area contributed by atoms with Crippen LogP contribution in [0.1, 0.15) is 0 Å². The highest BCUT2D eigenvalue weighted by Gasteiger charge is 2.47. The lowest BCUT2D eigenvalue weighted by Gasteiger charge is -2.33. The Morgan fingerprint density at radius 1 is 1.21 bits per heavy atom. The number of morpholine rings is 1. The zero-order chi connectivity index (χ0) is 14.0. The first kappa shape index (κ1) is 14.4. The minimum Gasteiger partial charge on any atom is -0.387 e. The molecular formula is C11H17NO7. The van der Waals surface area contributed by atoms with Crippen molar-refractivity contribution in [2.75, 3.05) is 26.3 Å². The molecule has 2 rings (SSSR count). The summed E-state index contributed by atoms with van der Waals surface area (Å²) in [7, 11) is 0. The lowest BCUT2D eigenvalue weighted by atomic mass is 10.0. The molecule has 0 aromatic heterocycles. The molecule has 19 heavy (non-hydrogen) atoms. The monoisotopic (exact) mass is 275 g/mol. The van der Waals surface area contributed by atoms with E-state index in [-0.39, 0.29) is 5.70 Å². The number of nitrogens with zero attached hydrogens (tertiary/aromatic N) is 1. The lowest BCUT2D eigenvalue weighted by Crippen LogP contribution is -2.46. The third kappa shape index (κ3) is 2.80. The Balaban J connectivity index is 2.09. The molecule has 2 aliphatic heterocycles. The quantitative estimate of drug-likeness (QED) is 0.398. The van der Waals surface area contributed by atoms with Crippen LogP contribution in [0.25, 0.3) is 0 Å². The van der Waals surface area contributed by atoms with Crippen molar-refractivity contribution < 1.29 is 34.7 Å². The van der Waals surface area contributed by atoms with Gasteiger partial charge in [0.15, 0.2) is 6.29 Å². The zero-order valence-corrected chi connectivity index (χ0v) is 10.2. The van der Waals surface area contributed by atoms with Crippen LogP contribution in [-0.2, 0) is 14.3 Å². The average molecular weight is 275 g/mol. The van der Waals surface area contributed by atoms with Crippen molar-refractivity contribution >= 4 is 5.94 Å². The maximum atomic E-state index is 11.0. The first-order chi connectivity index (χ1) is 9.06. The third-order valence-corrected chi connectivity index (χ3v) is 3.32. The second kappa shape index (κ2) is 5.98. The first-order valence-electron chi connectivity index (χ1n) is 6.01. The summed E-state index contributed by atoms with van der Waals surface area (Å²) in [6.07, 6.45) is -7.33. The molecule has 0 radical (unpaired) electrons. The summed E-state index contributed by atoms with van der Waals surface area (Å²) >= 11 is 0. The number of hydrogen-bond donors (Lipinski definition) is 4. The SMILES string of the molecule is O=C=C([C@@H](O)[C@H]1O[C@H](O)[C@H](O)[C@H]1O)N1CCOCC1. The Labute approximate surface area is 109 Å². The second-order valence-electron chi connectivity index (χ2n) is 4.50. The fourth-order valence-electron chi connectivity index (χ4n) is 2.22. The summed E-state index contributed by atoms with van der Waals surface area (Å²) in [6.45, 7) is 1.65. The van der Waals surface area contributed by atoms with E-state index in [1.807, 2.05) is 0 Å². The van der Waals surface area contributed by atoms with Crippen molar-refractivity contribution in [2.24, 2.45) is 0 Å². The van der Waals surface area contributed by atoms with Crippen LogP contribution < -0.4 is 0 Å². The van der Waals surface area contributed by atoms with E-state index in [9.17, 15) is 25.2 Å². The fraction of sp³-hybridized carbons (Fsp3) is 0.818. The molecule has 8 heteroatoms. The normalized spacial score (nSPS) is 36.9. The van der Waals surface area contributed by atoms with Gasteiger partial charge in [0.1, 0.15) is 36.1 Å². The highest BCUT2D eigenvalue weighted by molar-refractivity contribution is 5.53. The van der Waals surface area contributed by atoms with Crippen molar-refractivity contribution in [2.45, 2.75) is 30.7 Å². The van der Waals surface area contributed by atoms with Crippen molar-refractivity contribution in [1.82, 2.24) is 4.90 Å². The zero-order valence-electron chi connectivity index (χ0n) is 10.2. The first-order valence-corrected chi connectivity index (χ1v) is 6.01. The molecule has 0 aliphatic carbocycles. The van der Waals surface area contributed by atoms with Gasteiger partial charge in [-0.3, -0.25) is 0 Å².